The Morgan fingerprint density at radius 1 is 1.19 bits per heavy atom. The van der Waals surface area contributed by atoms with Crippen molar-refractivity contribution in [2.45, 2.75) is 25.9 Å². The first kappa shape index (κ1) is 18.0. The molecule has 0 saturated carbocycles. The molecule has 0 bridgehead atoms. The summed E-state index contributed by atoms with van der Waals surface area (Å²) in [7, 11) is 3.91. The first-order chi connectivity index (χ1) is 12.4. The largest absolute Gasteiger partial charge is 0.490 e. The average molecular weight is 356 g/mol. The van der Waals surface area contributed by atoms with Crippen LogP contribution in [0.2, 0.25) is 0 Å². The Balaban J connectivity index is 1.60. The van der Waals surface area contributed by atoms with E-state index in [2.05, 4.69) is 0 Å². The average Bonchev–Trinajstić information content (AvgIpc) is 2.61. The lowest BCUT2D eigenvalue weighted by atomic mass is 10.1. The van der Waals surface area contributed by atoms with Gasteiger partial charge in [-0.05, 0) is 25.1 Å². The van der Waals surface area contributed by atoms with E-state index in [-0.39, 0.29) is 12.0 Å². The van der Waals surface area contributed by atoms with Gasteiger partial charge in [0.2, 0.25) is 0 Å². The van der Waals surface area contributed by atoms with E-state index >= 15 is 0 Å². The molecule has 2 aromatic rings. The second-order valence-electron chi connectivity index (χ2n) is 6.78. The van der Waals surface area contributed by atoms with Crippen molar-refractivity contribution in [2.75, 3.05) is 32.1 Å². The van der Waals surface area contributed by atoms with E-state index in [0.717, 1.165) is 18.5 Å². The number of hydrogen-bond acceptors (Lipinski definition) is 5. The number of piperidine rings is 1. The number of likely N-dealkylation sites (tertiary alicyclic amines) is 1. The highest BCUT2D eigenvalue weighted by Crippen LogP contribution is 2.21. The first-order valence-electron chi connectivity index (χ1n) is 8.77. The van der Waals surface area contributed by atoms with Crippen molar-refractivity contribution in [1.29, 1.82) is 0 Å². The molecule has 1 saturated heterocycles. The van der Waals surface area contributed by atoms with Crippen molar-refractivity contribution in [2.24, 2.45) is 0 Å². The number of aryl methyl sites for hydroxylation is 1. The lowest BCUT2D eigenvalue weighted by molar-refractivity contribution is 0.0594. The number of ether oxygens (including phenoxy) is 1. The molecule has 0 aliphatic carbocycles. The minimum absolute atomic E-state index is 0.00615. The lowest BCUT2D eigenvalue weighted by Crippen LogP contribution is -2.41. The third kappa shape index (κ3) is 4.25. The fraction of sp³-hybridized carbons (Fsp3) is 0.400. The number of carbonyl (C=O) groups excluding carboxylic acids is 1. The highest BCUT2D eigenvalue weighted by Gasteiger charge is 2.25. The number of anilines is 1. The fourth-order valence-corrected chi connectivity index (χ4v) is 3.11. The van der Waals surface area contributed by atoms with Gasteiger partial charge in [-0.25, -0.2) is 4.79 Å². The van der Waals surface area contributed by atoms with E-state index in [0.29, 0.717) is 30.2 Å². The van der Waals surface area contributed by atoms with Crippen molar-refractivity contribution in [3.63, 3.8) is 0 Å². The Morgan fingerprint density at radius 3 is 2.58 bits per heavy atom. The predicted octanol–water partition coefficient (Wildman–Crippen LogP) is 2.70. The Hall–Kier alpha value is -2.76. The van der Waals surface area contributed by atoms with Crippen molar-refractivity contribution >= 4 is 11.6 Å². The Labute approximate surface area is 153 Å². The minimum Gasteiger partial charge on any atom is -0.490 e. The molecular formula is C20H24N2O4. The molecule has 138 valence electrons. The quantitative estimate of drug-likeness (QED) is 0.843. The van der Waals surface area contributed by atoms with Crippen LogP contribution in [0.15, 0.2) is 45.6 Å². The van der Waals surface area contributed by atoms with Crippen LogP contribution in [-0.2, 0) is 0 Å². The van der Waals surface area contributed by atoms with Gasteiger partial charge in [-0.15, -0.1) is 0 Å². The summed E-state index contributed by atoms with van der Waals surface area (Å²) in [5.74, 6) is 1.10. The van der Waals surface area contributed by atoms with Gasteiger partial charge in [-0.2, -0.15) is 0 Å². The number of amides is 1. The zero-order chi connectivity index (χ0) is 18.7. The second kappa shape index (κ2) is 7.64. The van der Waals surface area contributed by atoms with E-state index < -0.39 is 5.63 Å². The molecule has 2 heterocycles. The van der Waals surface area contributed by atoms with Gasteiger partial charge in [-0.1, -0.05) is 6.07 Å². The summed E-state index contributed by atoms with van der Waals surface area (Å²) in [5.41, 5.74) is 1.30. The molecule has 1 aromatic carbocycles. The monoisotopic (exact) mass is 356 g/mol. The van der Waals surface area contributed by atoms with Crippen LogP contribution in [0, 0.1) is 6.92 Å². The van der Waals surface area contributed by atoms with Crippen LogP contribution in [0.25, 0.3) is 0 Å². The number of benzene rings is 1. The minimum atomic E-state index is -0.409. The molecule has 6 heteroatoms. The standard InChI is InChI=1S/C20H24N2O4/c1-14-11-18(13-19(23)25-14)26-17-7-9-22(10-8-17)20(24)15-5-4-6-16(12-15)21(2)3/h4-6,11-13,17H,7-10H2,1-3H3. The molecule has 0 unspecified atom stereocenters. The number of nitrogens with zero attached hydrogens (tertiary/aromatic N) is 2. The molecule has 0 spiro atoms. The summed E-state index contributed by atoms with van der Waals surface area (Å²) in [6, 6.07) is 10.7. The molecule has 3 rings (SSSR count). The van der Waals surface area contributed by atoms with Crippen molar-refractivity contribution in [3.8, 4) is 5.75 Å². The summed E-state index contributed by atoms with van der Waals surface area (Å²) < 4.78 is 10.8. The zero-order valence-electron chi connectivity index (χ0n) is 15.4. The number of carbonyl (C=O) groups is 1. The molecule has 0 atom stereocenters. The van der Waals surface area contributed by atoms with Gasteiger partial charge in [0.25, 0.3) is 5.91 Å². The van der Waals surface area contributed by atoms with Crippen LogP contribution < -0.4 is 15.3 Å². The molecule has 0 N–H and O–H groups in total. The highest BCUT2D eigenvalue weighted by atomic mass is 16.5. The smallest absolute Gasteiger partial charge is 0.339 e. The van der Waals surface area contributed by atoms with Gasteiger partial charge in [0, 0.05) is 57.3 Å². The van der Waals surface area contributed by atoms with Crippen LogP contribution in [0.5, 0.6) is 5.75 Å². The Kier molecular flexibility index (Phi) is 5.30. The number of hydrogen-bond donors (Lipinski definition) is 0. The van der Waals surface area contributed by atoms with Crippen molar-refractivity contribution < 1.29 is 13.9 Å². The van der Waals surface area contributed by atoms with Crippen LogP contribution in [0.1, 0.15) is 29.0 Å². The van der Waals surface area contributed by atoms with E-state index in [1.54, 1.807) is 13.0 Å². The van der Waals surface area contributed by atoms with E-state index in [9.17, 15) is 9.59 Å². The maximum Gasteiger partial charge on any atom is 0.339 e. The van der Waals surface area contributed by atoms with Gasteiger partial charge in [-0.3, -0.25) is 4.79 Å². The van der Waals surface area contributed by atoms with Crippen LogP contribution in [0.4, 0.5) is 5.69 Å². The molecule has 1 amide bonds. The topological polar surface area (TPSA) is 63.0 Å². The zero-order valence-corrected chi connectivity index (χ0v) is 15.4. The van der Waals surface area contributed by atoms with Gasteiger partial charge >= 0.3 is 5.63 Å². The van der Waals surface area contributed by atoms with Gasteiger partial charge in [0.05, 0.1) is 6.07 Å². The Morgan fingerprint density at radius 2 is 1.92 bits per heavy atom. The Bertz CT molecular complexity index is 836. The molecule has 1 aromatic heterocycles. The molecule has 0 radical (unpaired) electrons. The van der Waals surface area contributed by atoms with Gasteiger partial charge in [0.1, 0.15) is 17.6 Å². The molecule has 1 aliphatic heterocycles. The van der Waals surface area contributed by atoms with Gasteiger partial charge in [0.15, 0.2) is 0 Å². The van der Waals surface area contributed by atoms with Crippen molar-refractivity contribution in [1.82, 2.24) is 4.90 Å². The third-order valence-electron chi connectivity index (χ3n) is 4.51. The van der Waals surface area contributed by atoms with Crippen LogP contribution in [0.3, 0.4) is 0 Å². The summed E-state index contributed by atoms with van der Waals surface area (Å²) in [6.45, 7) is 2.99. The van der Waals surface area contributed by atoms with Crippen LogP contribution in [-0.4, -0.2) is 44.1 Å². The predicted molar refractivity (Wildman–Crippen MR) is 100 cm³/mol. The SMILES string of the molecule is Cc1cc(OC2CCN(C(=O)c3cccc(N(C)C)c3)CC2)cc(=O)o1. The summed E-state index contributed by atoms with van der Waals surface area (Å²) in [5, 5.41) is 0. The second-order valence-corrected chi connectivity index (χ2v) is 6.78. The molecule has 1 fully saturated rings. The summed E-state index contributed by atoms with van der Waals surface area (Å²) in [6.07, 6.45) is 1.46. The fourth-order valence-electron chi connectivity index (χ4n) is 3.11. The van der Waals surface area contributed by atoms with Crippen molar-refractivity contribution in [3.05, 3.63) is 58.1 Å². The van der Waals surface area contributed by atoms with E-state index in [4.69, 9.17) is 9.15 Å². The van der Waals surface area contributed by atoms with Crippen LogP contribution >= 0.6 is 0 Å². The lowest BCUT2D eigenvalue weighted by Gasteiger charge is -2.32. The molecular weight excluding hydrogens is 332 g/mol. The maximum atomic E-state index is 12.7. The van der Waals surface area contributed by atoms with E-state index in [1.807, 2.05) is 48.2 Å². The highest BCUT2D eigenvalue weighted by molar-refractivity contribution is 5.95. The van der Waals surface area contributed by atoms with Gasteiger partial charge < -0.3 is 19.0 Å². The maximum absolute atomic E-state index is 12.7. The summed E-state index contributed by atoms with van der Waals surface area (Å²) in [4.78, 5) is 28.0. The number of rotatable bonds is 4. The molecule has 26 heavy (non-hydrogen) atoms. The third-order valence-corrected chi connectivity index (χ3v) is 4.51. The normalized spacial score (nSPS) is 15.0. The van der Waals surface area contributed by atoms with E-state index in [1.165, 1.54) is 6.07 Å². The summed E-state index contributed by atoms with van der Waals surface area (Å²) >= 11 is 0. The molecule has 1 aliphatic rings. The molecule has 6 nitrogen and oxygen atoms in total. The first-order valence-corrected chi connectivity index (χ1v) is 8.77.